The molecule has 1 aliphatic rings. The predicted molar refractivity (Wildman–Crippen MR) is 103 cm³/mol. The van der Waals surface area contributed by atoms with Gasteiger partial charge in [0, 0.05) is 35.5 Å². The van der Waals surface area contributed by atoms with E-state index in [4.69, 9.17) is 5.73 Å². The minimum absolute atomic E-state index is 0.00379. The fourth-order valence-corrected chi connectivity index (χ4v) is 3.86. The smallest absolute Gasteiger partial charge is 0.337 e. The summed E-state index contributed by atoms with van der Waals surface area (Å²) in [5, 5.41) is 3.70. The Balaban J connectivity index is 1.93. The third-order valence-corrected chi connectivity index (χ3v) is 5.51. The van der Waals surface area contributed by atoms with Gasteiger partial charge < -0.3 is 10.6 Å². The van der Waals surface area contributed by atoms with Crippen LogP contribution in [-0.4, -0.2) is 38.2 Å². The molecular weight excluding hydrogens is 456 g/mol. The van der Waals surface area contributed by atoms with Gasteiger partial charge in [-0.15, -0.1) is 5.10 Å². The number of fused-ring (bicyclic) bond motifs is 1. The summed E-state index contributed by atoms with van der Waals surface area (Å²) in [4.78, 5) is 9.85. The molecule has 1 fully saturated rings. The maximum Gasteiger partial charge on any atom is 0.420 e. The molecule has 1 aliphatic heterocycles. The van der Waals surface area contributed by atoms with Crippen molar-refractivity contribution in [1.82, 2.24) is 19.6 Å². The number of pyridine rings is 1. The number of nitrogens with zero attached hydrogens (tertiary/aromatic N) is 5. The highest BCUT2D eigenvalue weighted by Crippen LogP contribution is 2.39. The van der Waals surface area contributed by atoms with E-state index in [0.29, 0.717) is 17.2 Å². The zero-order chi connectivity index (χ0) is 20.9. The Labute approximate surface area is 171 Å². The largest absolute Gasteiger partial charge is 0.420 e. The maximum atomic E-state index is 14.7. The summed E-state index contributed by atoms with van der Waals surface area (Å²) in [6.45, 7) is 2.34. The van der Waals surface area contributed by atoms with Crippen molar-refractivity contribution >= 4 is 27.4 Å². The van der Waals surface area contributed by atoms with E-state index in [0.717, 1.165) is 12.8 Å². The van der Waals surface area contributed by atoms with Gasteiger partial charge in [0.25, 0.3) is 0 Å². The van der Waals surface area contributed by atoms with Crippen LogP contribution in [0.25, 0.3) is 16.8 Å². The number of piperidine rings is 1. The standard InChI is InChI=1S/C18H17BrF4N6/c1-9-2-4-11(24)8-28(9)17-25-6-12(18(21,22)23)15(26-17)14-13-5-3-10(19)7-29(13)27-16(14)20/h3,5-7,9,11H,2,4,8,24H2,1H3/t9-,11-/m0/s1. The third kappa shape index (κ3) is 3.68. The predicted octanol–water partition coefficient (Wildman–Crippen LogP) is 4.03. The lowest BCUT2D eigenvalue weighted by atomic mass is 10.0. The number of anilines is 1. The van der Waals surface area contributed by atoms with Crippen molar-refractivity contribution in [2.75, 3.05) is 11.4 Å². The number of hydrogen-bond donors (Lipinski definition) is 1. The number of aromatic nitrogens is 4. The second-order valence-electron chi connectivity index (χ2n) is 7.11. The Bertz CT molecular complexity index is 1070. The van der Waals surface area contributed by atoms with E-state index >= 15 is 0 Å². The van der Waals surface area contributed by atoms with Crippen molar-refractivity contribution in [3.05, 3.63) is 40.5 Å². The van der Waals surface area contributed by atoms with Crippen LogP contribution in [0.15, 0.2) is 29.0 Å². The number of alkyl halides is 3. The van der Waals surface area contributed by atoms with E-state index in [1.54, 1.807) is 11.0 Å². The quantitative estimate of drug-likeness (QED) is 0.570. The molecule has 3 aromatic rings. The molecule has 0 amide bonds. The molecule has 0 radical (unpaired) electrons. The van der Waals surface area contributed by atoms with Crippen LogP contribution >= 0.6 is 15.9 Å². The van der Waals surface area contributed by atoms with Gasteiger partial charge in [0.1, 0.15) is 5.56 Å². The van der Waals surface area contributed by atoms with Gasteiger partial charge in [0.05, 0.1) is 16.8 Å². The molecule has 154 valence electrons. The molecule has 1 saturated heterocycles. The first-order valence-electron chi connectivity index (χ1n) is 8.95. The molecule has 2 atom stereocenters. The summed E-state index contributed by atoms with van der Waals surface area (Å²) in [7, 11) is 0. The summed E-state index contributed by atoms with van der Waals surface area (Å²) < 4.78 is 57.5. The van der Waals surface area contributed by atoms with Crippen LogP contribution in [-0.2, 0) is 6.18 Å². The molecule has 0 unspecified atom stereocenters. The van der Waals surface area contributed by atoms with Gasteiger partial charge >= 0.3 is 6.18 Å². The van der Waals surface area contributed by atoms with E-state index in [1.807, 2.05) is 6.92 Å². The number of hydrogen-bond acceptors (Lipinski definition) is 5. The van der Waals surface area contributed by atoms with Crippen LogP contribution in [0, 0.1) is 5.95 Å². The fourth-order valence-electron chi connectivity index (χ4n) is 3.54. The second kappa shape index (κ2) is 7.21. The first-order valence-corrected chi connectivity index (χ1v) is 9.74. The van der Waals surface area contributed by atoms with Gasteiger partial charge in [-0.05, 0) is 47.8 Å². The molecule has 4 rings (SSSR count). The Morgan fingerprint density at radius 3 is 2.72 bits per heavy atom. The van der Waals surface area contributed by atoms with Crippen LogP contribution in [0.2, 0.25) is 0 Å². The van der Waals surface area contributed by atoms with Gasteiger partial charge in [0.15, 0.2) is 0 Å². The molecule has 0 bridgehead atoms. The summed E-state index contributed by atoms with van der Waals surface area (Å²) >= 11 is 3.24. The SMILES string of the molecule is C[C@H]1CC[C@H](N)CN1c1ncc(C(F)(F)F)c(-c2c(F)nn3cc(Br)ccc23)n1. The van der Waals surface area contributed by atoms with Crippen LogP contribution in [0.4, 0.5) is 23.5 Å². The minimum Gasteiger partial charge on any atom is -0.337 e. The molecule has 0 saturated carbocycles. The molecule has 0 aromatic carbocycles. The molecule has 2 N–H and O–H groups in total. The topological polar surface area (TPSA) is 72.3 Å². The van der Waals surface area contributed by atoms with Crippen molar-refractivity contribution in [3.8, 4) is 11.3 Å². The van der Waals surface area contributed by atoms with Crippen molar-refractivity contribution in [3.63, 3.8) is 0 Å². The average molecular weight is 473 g/mol. The summed E-state index contributed by atoms with van der Waals surface area (Å²) in [5.74, 6) is -0.951. The lowest BCUT2D eigenvalue weighted by Crippen LogP contribution is -2.48. The fraction of sp³-hybridized carbons (Fsp3) is 0.389. The molecule has 0 aliphatic carbocycles. The summed E-state index contributed by atoms with van der Waals surface area (Å²) in [5.41, 5.74) is 4.21. The van der Waals surface area contributed by atoms with Gasteiger partial charge in [-0.25, -0.2) is 14.5 Å². The molecule has 29 heavy (non-hydrogen) atoms. The Kier molecular flexibility index (Phi) is 4.97. The van der Waals surface area contributed by atoms with Crippen molar-refractivity contribution in [1.29, 1.82) is 0 Å². The molecule has 4 heterocycles. The Hall–Kier alpha value is -2.27. The van der Waals surface area contributed by atoms with Crippen molar-refractivity contribution in [2.24, 2.45) is 5.73 Å². The van der Waals surface area contributed by atoms with Crippen LogP contribution in [0.3, 0.4) is 0 Å². The van der Waals surface area contributed by atoms with Crippen molar-refractivity contribution in [2.45, 2.75) is 38.0 Å². The second-order valence-corrected chi connectivity index (χ2v) is 8.03. The Morgan fingerprint density at radius 2 is 2.00 bits per heavy atom. The minimum atomic E-state index is -4.76. The third-order valence-electron chi connectivity index (χ3n) is 5.04. The molecule has 11 heteroatoms. The lowest BCUT2D eigenvalue weighted by Gasteiger charge is -2.36. The average Bonchev–Trinajstić information content (AvgIpc) is 2.97. The van der Waals surface area contributed by atoms with Gasteiger partial charge in [-0.1, -0.05) is 0 Å². The van der Waals surface area contributed by atoms with E-state index in [2.05, 4.69) is 31.0 Å². The molecule has 0 spiro atoms. The number of rotatable bonds is 2. The highest BCUT2D eigenvalue weighted by Gasteiger charge is 2.38. The zero-order valence-electron chi connectivity index (χ0n) is 15.3. The van der Waals surface area contributed by atoms with E-state index in [1.165, 1.54) is 16.8 Å². The summed E-state index contributed by atoms with van der Waals surface area (Å²) in [6, 6.07) is 2.95. The highest BCUT2D eigenvalue weighted by atomic mass is 79.9. The number of nitrogens with two attached hydrogens (primary N) is 1. The molecule has 6 nitrogen and oxygen atoms in total. The highest BCUT2D eigenvalue weighted by molar-refractivity contribution is 9.10. The van der Waals surface area contributed by atoms with Gasteiger partial charge in [-0.2, -0.15) is 17.6 Å². The normalized spacial score (nSPS) is 20.4. The van der Waals surface area contributed by atoms with Crippen LogP contribution in [0.5, 0.6) is 0 Å². The van der Waals surface area contributed by atoms with Gasteiger partial charge in [0.2, 0.25) is 11.9 Å². The molecule has 3 aromatic heterocycles. The van der Waals surface area contributed by atoms with Crippen LogP contribution < -0.4 is 10.6 Å². The Morgan fingerprint density at radius 1 is 1.24 bits per heavy atom. The monoisotopic (exact) mass is 472 g/mol. The summed E-state index contributed by atoms with van der Waals surface area (Å²) in [6.07, 6.45) is -1.02. The first kappa shape index (κ1) is 20.0. The van der Waals surface area contributed by atoms with E-state index < -0.39 is 23.4 Å². The maximum absolute atomic E-state index is 14.7. The van der Waals surface area contributed by atoms with E-state index in [9.17, 15) is 17.6 Å². The zero-order valence-corrected chi connectivity index (χ0v) is 16.9. The first-order chi connectivity index (χ1) is 13.6. The van der Waals surface area contributed by atoms with Gasteiger partial charge in [-0.3, -0.25) is 0 Å². The number of halogens is 5. The van der Waals surface area contributed by atoms with E-state index in [-0.39, 0.29) is 29.1 Å². The molecular formula is C18H17BrF4N6. The van der Waals surface area contributed by atoms with Crippen LogP contribution in [0.1, 0.15) is 25.3 Å². The van der Waals surface area contributed by atoms with Crippen molar-refractivity contribution < 1.29 is 17.6 Å². The lowest BCUT2D eigenvalue weighted by molar-refractivity contribution is -0.137.